The molecule has 114 valence electrons. The molecule has 6 heteroatoms. The van der Waals surface area contributed by atoms with Crippen LogP contribution in [0.1, 0.15) is 37.8 Å². The molecular formula is C15H19FN2O3. The molecule has 0 bridgehead atoms. The molecule has 21 heavy (non-hydrogen) atoms. The predicted octanol–water partition coefficient (Wildman–Crippen LogP) is 2.44. The van der Waals surface area contributed by atoms with Crippen molar-refractivity contribution in [2.45, 2.75) is 38.3 Å². The number of rotatable bonds is 6. The molecule has 0 spiro atoms. The molecule has 2 unspecified atom stereocenters. The molecule has 0 aromatic heterocycles. The van der Waals surface area contributed by atoms with E-state index >= 15 is 0 Å². The Bertz CT molecular complexity index is 514. The fourth-order valence-corrected chi connectivity index (χ4v) is 2.26. The van der Waals surface area contributed by atoms with Gasteiger partial charge in [-0.2, -0.15) is 0 Å². The summed E-state index contributed by atoms with van der Waals surface area (Å²) in [5.74, 6) is -0.989. The number of hydrogen-bond donors (Lipinski definition) is 3. The van der Waals surface area contributed by atoms with Gasteiger partial charge in [0.25, 0.3) is 0 Å². The standard InChI is InChI=1S/C15H19FN2O3/c1-9(10-4-6-12(16)7-5-10)17-15(21)18-13(8-14(19)20)11-2-3-11/h4-7,9,11,13H,2-3,8H2,1H3,(H,19,20)(H2,17,18,21). The average Bonchev–Trinajstić information content (AvgIpc) is 3.22. The van der Waals surface area contributed by atoms with Crippen molar-refractivity contribution in [3.63, 3.8) is 0 Å². The lowest BCUT2D eigenvalue weighted by molar-refractivity contribution is -0.137. The number of carboxylic acids is 1. The van der Waals surface area contributed by atoms with Gasteiger partial charge in [-0.05, 0) is 43.4 Å². The molecule has 1 fully saturated rings. The number of carbonyl (C=O) groups excluding carboxylic acids is 1. The highest BCUT2D eigenvalue weighted by molar-refractivity contribution is 5.76. The van der Waals surface area contributed by atoms with Gasteiger partial charge in [-0.1, -0.05) is 12.1 Å². The third-order valence-corrected chi connectivity index (χ3v) is 3.62. The zero-order valence-corrected chi connectivity index (χ0v) is 11.8. The largest absolute Gasteiger partial charge is 0.481 e. The first-order valence-corrected chi connectivity index (χ1v) is 7.00. The van der Waals surface area contributed by atoms with E-state index in [1.165, 1.54) is 12.1 Å². The van der Waals surface area contributed by atoms with Gasteiger partial charge in [0.15, 0.2) is 0 Å². The first kappa shape index (κ1) is 15.3. The zero-order valence-electron chi connectivity index (χ0n) is 11.8. The highest BCUT2D eigenvalue weighted by Gasteiger charge is 2.33. The van der Waals surface area contributed by atoms with Crippen LogP contribution in [0.2, 0.25) is 0 Å². The van der Waals surface area contributed by atoms with Gasteiger partial charge in [0.1, 0.15) is 5.82 Å². The number of aliphatic carboxylic acids is 1. The topological polar surface area (TPSA) is 78.4 Å². The molecule has 0 aliphatic heterocycles. The third kappa shape index (κ3) is 4.73. The maximum Gasteiger partial charge on any atom is 0.315 e. The van der Waals surface area contributed by atoms with Gasteiger partial charge in [0, 0.05) is 6.04 Å². The number of benzene rings is 1. The van der Waals surface area contributed by atoms with E-state index in [4.69, 9.17) is 5.11 Å². The second-order valence-corrected chi connectivity index (χ2v) is 5.43. The van der Waals surface area contributed by atoms with Crippen LogP contribution in [0.3, 0.4) is 0 Å². The monoisotopic (exact) mass is 294 g/mol. The molecule has 2 atom stereocenters. The minimum absolute atomic E-state index is 0.0665. The van der Waals surface area contributed by atoms with Crippen LogP contribution in [0.15, 0.2) is 24.3 Å². The lowest BCUT2D eigenvalue weighted by atomic mass is 10.1. The Morgan fingerprint density at radius 1 is 1.29 bits per heavy atom. The third-order valence-electron chi connectivity index (χ3n) is 3.62. The molecular weight excluding hydrogens is 275 g/mol. The molecule has 0 heterocycles. The summed E-state index contributed by atoms with van der Waals surface area (Å²) in [5.41, 5.74) is 0.785. The maximum atomic E-state index is 12.8. The number of carbonyl (C=O) groups is 2. The predicted molar refractivity (Wildman–Crippen MR) is 75.2 cm³/mol. The Morgan fingerprint density at radius 3 is 2.43 bits per heavy atom. The molecule has 1 aliphatic rings. The SMILES string of the molecule is CC(NC(=O)NC(CC(=O)O)C1CC1)c1ccc(F)cc1. The van der Waals surface area contributed by atoms with E-state index in [1.807, 2.05) is 0 Å². The molecule has 1 aromatic carbocycles. The van der Waals surface area contributed by atoms with Gasteiger partial charge in [-0.3, -0.25) is 4.79 Å². The Hall–Kier alpha value is -2.11. The molecule has 3 N–H and O–H groups in total. The summed E-state index contributed by atoms with van der Waals surface area (Å²) in [6, 6.07) is 4.88. The van der Waals surface area contributed by atoms with Gasteiger partial charge in [0.05, 0.1) is 12.5 Å². The normalized spacial score (nSPS) is 16.9. The van der Waals surface area contributed by atoms with Gasteiger partial charge in [-0.15, -0.1) is 0 Å². The van der Waals surface area contributed by atoms with Crippen molar-refractivity contribution in [1.82, 2.24) is 10.6 Å². The number of nitrogens with one attached hydrogen (secondary N) is 2. The minimum atomic E-state index is -0.918. The van der Waals surface area contributed by atoms with Crippen molar-refractivity contribution in [2.75, 3.05) is 0 Å². The summed E-state index contributed by atoms with van der Waals surface area (Å²) in [4.78, 5) is 22.7. The van der Waals surface area contributed by atoms with E-state index in [0.29, 0.717) is 0 Å². The fraction of sp³-hybridized carbons (Fsp3) is 0.467. The number of carboxylic acid groups (broad SMARTS) is 1. The zero-order chi connectivity index (χ0) is 15.4. The van der Waals surface area contributed by atoms with Crippen molar-refractivity contribution in [2.24, 2.45) is 5.92 Å². The van der Waals surface area contributed by atoms with Crippen LogP contribution in [0.5, 0.6) is 0 Å². The van der Waals surface area contributed by atoms with E-state index in [-0.39, 0.29) is 30.2 Å². The summed E-state index contributed by atoms with van der Waals surface area (Å²) in [6.07, 6.45) is 1.83. The summed E-state index contributed by atoms with van der Waals surface area (Å²) < 4.78 is 12.8. The Morgan fingerprint density at radius 2 is 1.90 bits per heavy atom. The Labute approximate surface area is 122 Å². The summed E-state index contributed by atoms with van der Waals surface area (Å²) in [7, 11) is 0. The van der Waals surface area contributed by atoms with Crippen LogP contribution < -0.4 is 10.6 Å². The fourth-order valence-electron chi connectivity index (χ4n) is 2.26. The van der Waals surface area contributed by atoms with E-state index in [2.05, 4.69) is 10.6 Å². The van der Waals surface area contributed by atoms with Gasteiger partial charge >= 0.3 is 12.0 Å². The molecule has 0 saturated heterocycles. The van der Waals surface area contributed by atoms with Gasteiger partial charge < -0.3 is 15.7 Å². The van der Waals surface area contributed by atoms with E-state index in [9.17, 15) is 14.0 Å². The van der Waals surface area contributed by atoms with Crippen LogP contribution >= 0.6 is 0 Å². The number of amides is 2. The maximum absolute atomic E-state index is 12.8. The second kappa shape index (κ2) is 6.56. The Balaban J connectivity index is 1.87. The average molecular weight is 294 g/mol. The Kier molecular flexibility index (Phi) is 4.77. The lowest BCUT2D eigenvalue weighted by Gasteiger charge is -2.20. The van der Waals surface area contributed by atoms with Gasteiger partial charge in [-0.25, -0.2) is 9.18 Å². The highest BCUT2D eigenvalue weighted by Crippen LogP contribution is 2.34. The summed E-state index contributed by atoms with van der Waals surface area (Å²) >= 11 is 0. The van der Waals surface area contributed by atoms with E-state index in [0.717, 1.165) is 18.4 Å². The number of urea groups is 1. The molecule has 1 saturated carbocycles. The van der Waals surface area contributed by atoms with Crippen LogP contribution in [0.4, 0.5) is 9.18 Å². The molecule has 2 rings (SSSR count). The van der Waals surface area contributed by atoms with Crippen molar-refractivity contribution < 1.29 is 19.1 Å². The summed E-state index contributed by atoms with van der Waals surface area (Å²) in [6.45, 7) is 1.79. The van der Waals surface area contributed by atoms with Crippen LogP contribution in [-0.4, -0.2) is 23.1 Å². The highest BCUT2D eigenvalue weighted by atomic mass is 19.1. The first-order valence-electron chi connectivity index (χ1n) is 7.00. The number of hydrogen-bond acceptors (Lipinski definition) is 2. The van der Waals surface area contributed by atoms with E-state index in [1.54, 1.807) is 19.1 Å². The van der Waals surface area contributed by atoms with E-state index < -0.39 is 12.0 Å². The van der Waals surface area contributed by atoms with Crippen molar-refractivity contribution in [3.8, 4) is 0 Å². The van der Waals surface area contributed by atoms with Gasteiger partial charge in [0.2, 0.25) is 0 Å². The number of halogens is 1. The molecule has 5 nitrogen and oxygen atoms in total. The van der Waals surface area contributed by atoms with Crippen LogP contribution in [-0.2, 0) is 4.79 Å². The smallest absolute Gasteiger partial charge is 0.315 e. The molecule has 1 aliphatic carbocycles. The lowest BCUT2D eigenvalue weighted by Crippen LogP contribution is -2.44. The van der Waals surface area contributed by atoms with Crippen molar-refractivity contribution >= 4 is 12.0 Å². The molecule has 1 aromatic rings. The van der Waals surface area contributed by atoms with Crippen LogP contribution in [0, 0.1) is 11.7 Å². The first-order chi connectivity index (χ1) is 9.95. The quantitative estimate of drug-likeness (QED) is 0.754. The van der Waals surface area contributed by atoms with Crippen molar-refractivity contribution in [3.05, 3.63) is 35.6 Å². The molecule has 2 amide bonds. The summed E-state index contributed by atoms with van der Waals surface area (Å²) in [5, 5.41) is 14.3. The second-order valence-electron chi connectivity index (χ2n) is 5.43. The minimum Gasteiger partial charge on any atom is -0.481 e. The van der Waals surface area contributed by atoms with Crippen molar-refractivity contribution in [1.29, 1.82) is 0 Å². The van der Waals surface area contributed by atoms with Crippen LogP contribution in [0.25, 0.3) is 0 Å². The molecule has 0 radical (unpaired) electrons.